The lowest BCUT2D eigenvalue weighted by Gasteiger charge is -2.26. The van der Waals surface area contributed by atoms with E-state index in [-0.39, 0.29) is 12.4 Å². The molecule has 0 fully saturated rings. The van der Waals surface area contributed by atoms with Crippen molar-refractivity contribution in [1.29, 1.82) is 0 Å². The molecule has 0 heterocycles. The Labute approximate surface area is 123 Å². The number of nitrogens with two attached hydrogens (primary N) is 1. The summed E-state index contributed by atoms with van der Waals surface area (Å²) < 4.78 is 31.5. The van der Waals surface area contributed by atoms with Crippen LogP contribution in [0.1, 0.15) is 33.1 Å². The van der Waals surface area contributed by atoms with Crippen molar-refractivity contribution in [3.63, 3.8) is 0 Å². The van der Waals surface area contributed by atoms with E-state index in [0.717, 1.165) is 6.07 Å². The van der Waals surface area contributed by atoms with Crippen molar-refractivity contribution in [2.75, 3.05) is 13.2 Å². The molecule has 3 N–H and O–H groups in total. The summed E-state index contributed by atoms with van der Waals surface area (Å²) in [6.45, 7) is 4.55. The molecule has 0 radical (unpaired) electrons. The van der Waals surface area contributed by atoms with E-state index in [1.165, 1.54) is 12.1 Å². The number of rotatable bonds is 9. The lowest BCUT2D eigenvalue weighted by Crippen LogP contribution is -2.53. The highest BCUT2D eigenvalue weighted by molar-refractivity contribution is 5.84. The van der Waals surface area contributed by atoms with Crippen molar-refractivity contribution in [3.05, 3.63) is 29.8 Å². The van der Waals surface area contributed by atoms with Crippen molar-refractivity contribution in [2.24, 2.45) is 5.73 Å². The van der Waals surface area contributed by atoms with Crippen molar-refractivity contribution >= 4 is 5.91 Å². The van der Waals surface area contributed by atoms with Gasteiger partial charge in [-0.2, -0.15) is 4.39 Å². The number of hydrogen-bond acceptors (Lipinski definition) is 3. The van der Waals surface area contributed by atoms with Gasteiger partial charge in [-0.3, -0.25) is 4.79 Å². The Morgan fingerprint density at radius 1 is 1.38 bits per heavy atom. The first kappa shape index (κ1) is 17.4. The van der Waals surface area contributed by atoms with Crippen LogP contribution < -0.4 is 15.8 Å². The van der Waals surface area contributed by atoms with Crippen LogP contribution in [-0.4, -0.2) is 24.6 Å². The number of carbonyl (C=O) groups is 1. The number of benzene rings is 1. The van der Waals surface area contributed by atoms with Crippen LogP contribution in [0.4, 0.5) is 8.78 Å². The second kappa shape index (κ2) is 7.93. The van der Waals surface area contributed by atoms with Crippen molar-refractivity contribution in [3.8, 4) is 5.75 Å². The predicted molar refractivity (Wildman–Crippen MR) is 77.0 cm³/mol. The normalized spacial score (nSPS) is 13.7. The maximum Gasteiger partial charge on any atom is 0.237 e. The molecule has 1 aromatic rings. The van der Waals surface area contributed by atoms with Gasteiger partial charge in [-0.25, -0.2) is 4.39 Å². The molecule has 0 spiro atoms. The minimum absolute atomic E-state index is 0.0978. The Balaban J connectivity index is 2.37. The van der Waals surface area contributed by atoms with E-state index < -0.39 is 23.1 Å². The second-order valence-electron chi connectivity index (χ2n) is 5.08. The Kier molecular flexibility index (Phi) is 6.55. The molecular weight excluding hydrogens is 278 g/mol. The smallest absolute Gasteiger partial charge is 0.237 e. The van der Waals surface area contributed by atoms with Crippen LogP contribution in [-0.2, 0) is 4.79 Å². The van der Waals surface area contributed by atoms with E-state index in [1.807, 2.05) is 6.92 Å². The quantitative estimate of drug-likeness (QED) is 0.688. The van der Waals surface area contributed by atoms with Gasteiger partial charge in [-0.1, -0.05) is 13.0 Å². The summed E-state index contributed by atoms with van der Waals surface area (Å²) in [5.74, 6) is -2.41. The third-order valence-electron chi connectivity index (χ3n) is 3.36. The summed E-state index contributed by atoms with van der Waals surface area (Å²) in [6.07, 6.45) is 1.86. The summed E-state index contributed by atoms with van der Waals surface area (Å²) in [6, 6.07) is 3.81. The number of unbranched alkanes of at least 4 members (excludes halogenated alkanes) is 1. The van der Waals surface area contributed by atoms with Crippen LogP contribution in [0.3, 0.4) is 0 Å². The van der Waals surface area contributed by atoms with E-state index >= 15 is 0 Å². The molecule has 6 heteroatoms. The number of primary amides is 1. The van der Waals surface area contributed by atoms with Gasteiger partial charge < -0.3 is 15.8 Å². The highest BCUT2D eigenvalue weighted by atomic mass is 19.2. The molecule has 1 unspecified atom stereocenters. The van der Waals surface area contributed by atoms with Gasteiger partial charge in [0.25, 0.3) is 0 Å². The summed E-state index contributed by atoms with van der Waals surface area (Å²) in [7, 11) is 0. The SMILES string of the molecule is CCNC(C)(CCCCOc1cccc(F)c1F)C(N)=O. The van der Waals surface area contributed by atoms with Gasteiger partial charge in [0.1, 0.15) is 0 Å². The maximum absolute atomic E-state index is 13.3. The Morgan fingerprint density at radius 3 is 2.71 bits per heavy atom. The lowest BCUT2D eigenvalue weighted by molar-refractivity contribution is -0.124. The average molecular weight is 300 g/mol. The van der Waals surface area contributed by atoms with Crippen LogP contribution in [0, 0.1) is 11.6 Å². The molecular formula is C15H22F2N2O2. The minimum Gasteiger partial charge on any atom is -0.490 e. The summed E-state index contributed by atoms with van der Waals surface area (Å²) in [5.41, 5.74) is 4.62. The topological polar surface area (TPSA) is 64.3 Å². The number of ether oxygens (including phenoxy) is 1. The first-order chi connectivity index (χ1) is 9.90. The fraction of sp³-hybridized carbons (Fsp3) is 0.533. The minimum atomic E-state index is -0.980. The lowest BCUT2D eigenvalue weighted by atomic mass is 9.94. The van der Waals surface area contributed by atoms with E-state index in [1.54, 1.807) is 6.92 Å². The monoisotopic (exact) mass is 300 g/mol. The highest BCUT2D eigenvalue weighted by Gasteiger charge is 2.28. The van der Waals surface area contributed by atoms with Crippen LogP contribution in [0.2, 0.25) is 0 Å². The number of amides is 1. The molecule has 118 valence electrons. The molecule has 21 heavy (non-hydrogen) atoms. The van der Waals surface area contributed by atoms with Gasteiger partial charge in [-0.05, 0) is 44.9 Å². The first-order valence-corrected chi connectivity index (χ1v) is 7.02. The number of nitrogens with one attached hydrogen (secondary N) is 1. The van der Waals surface area contributed by atoms with Crippen LogP contribution in [0.25, 0.3) is 0 Å². The van der Waals surface area contributed by atoms with Gasteiger partial charge in [0, 0.05) is 0 Å². The first-order valence-electron chi connectivity index (χ1n) is 7.02. The van der Waals surface area contributed by atoms with E-state index in [9.17, 15) is 13.6 Å². The predicted octanol–water partition coefficient (Wildman–Crippen LogP) is 2.37. The number of halogens is 2. The maximum atomic E-state index is 13.3. The molecule has 0 bridgehead atoms. The molecule has 1 atom stereocenters. The summed E-state index contributed by atoms with van der Waals surface area (Å²) in [5, 5.41) is 3.06. The molecule has 0 saturated heterocycles. The van der Waals surface area contributed by atoms with Crippen LogP contribution >= 0.6 is 0 Å². The average Bonchev–Trinajstić information content (AvgIpc) is 2.43. The fourth-order valence-corrected chi connectivity index (χ4v) is 2.05. The molecule has 0 aliphatic heterocycles. The van der Waals surface area contributed by atoms with Gasteiger partial charge in [0.15, 0.2) is 11.6 Å². The third-order valence-corrected chi connectivity index (χ3v) is 3.36. The number of likely N-dealkylation sites (N-methyl/N-ethyl adjacent to an activating group) is 1. The van der Waals surface area contributed by atoms with E-state index in [0.29, 0.717) is 25.8 Å². The van der Waals surface area contributed by atoms with Gasteiger partial charge >= 0.3 is 0 Å². The Morgan fingerprint density at radius 2 is 2.10 bits per heavy atom. The van der Waals surface area contributed by atoms with Gasteiger partial charge in [0.2, 0.25) is 11.7 Å². The number of hydrogen-bond donors (Lipinski definition) is 2. The molecule has 0 aliphatic rings. The Bertz CT molecular complexity index is 483. The zero-order valence-corrected chi connectivity index (χ0v) is 12.4. The molecule has 0 aromatic heterocycles. The van der Waals surface area contributed by atoms with Gasteiger partial charge in [-0.15, -0.1) is 0 Å². The molecule has 0 saturated carbocycles. The van der Waals surface area contributed by atoms with Crippen LogP contribution in [0.15, 0.2) is 18.2 Å². The molecule has 1 aromatic carbocycles. The molecule has 1 amide bonds. The number of carbonyl (C=O) groups excluding carboxylic acids is 1. The molecule has 1 rings (SSSR count). The standard InChI is InChI=1S/C15H22F2N2O2/c1-3-19-15(2,14(18)20)9-4-5-10-21-12-8-6-7-11(16)13(12)17/h6-8,19H,3-5,9-10H2,1-2H3,(H2,18,20). The molecule has 4 nitrogen and oxygen atoms in total. The summed E-state index contributed by atoms with van der Waals surface area (Å²) in [4.78, 5) is 11.4. The second-order valence-corrected chi connectivity index (χ2v) is 5.08. The zero-order valence-electron chi connectivity index (χ0n) is 12.4. The van der Waals surface area contributed by atoms with E-state index in [4.69, 9.17) is 10.5 Å². The van der Waals surface area contributed by atoms with Crippen molar-refractivity contribution in [1.82, 2.24) is 5.32 Å². The van der Waals surface area contributed by atoms with Gasteiger partial charge in [0.05, 0.1) is 12.1 Å². The van der Waals surface area contributed by atoms with Crippen molar-refractivity contribution < 1.29 is 18.3 Å². The molecule has 0 aliphatic carbocycles. The van der Waals surface area contributed by atoms with Crippen molar-refractivity contribution in [2.45, 2.75) is 38.6 Å². The zero-order chi connectivity index (χ0) is 15.9. The van der Waals surface area contributed by atoms with Crippen LogP contribution in [0.5, 0.6) is 5.75 Å². The third kappa shape index (κ3) is 4.97. The largest absolute Gasteiger partial charge is 0.490 e. The summed E-state index contributed by atoms with van der Waals surface area (Å²) >= 11 is 0. The highest BCUT2D eigenvalue weighted by Crippen LogP contribution is 2.20. The van der Waals surface area contributed by atoms with E-state index in [2.05, 4.69) is 5.32 Å². The Hall–Kier alpha value is -1.69. The fourth-order valence-electron chi connectivity index (χ4n) is 2.05.